The van der Waals surface area contributed by atoms with Gasteiger partial charge in [0.15, 0.2) is 11.6 Å². The number of halogens is 1. The molecular weight excluding hydrogens is 375 g/mol. The van der Waals surface area contributed by atoms with Crippen molar-refractivity contribution < 1.29 is 9.18 Å². The van der Waals surface area contributed by atoms with Gasteiger partial charge < -0.3 is 10.6 Å². The number of amides is 1. The number of amidine groups is 1. The minimum Gasteiger partial charge on any atom is -0.379 e. The molecule has 1 saturated heterocycles. The van der Waals surface area contributed by atoms with Gasteiger partial charge in [0.05, 0.1) is 6.54 Å². The molecule has 0 aromatic heterocycles. The minimum absolute atomic E-state index is 0.250. The third kappa shape index (κ3) is 4.29. The minimum atomic E-state index is -0.378. The second-order valence-electron chi connectivity index (χ2n) is 7.36. The molecule has 7 heteroatoms. The lowest BCUT2D eigenvalue weighted by Crippen LogP contribution is -2.40. The monoisotopic (exact) mass is 402 g/mol. The number of hydrogen-bond donors (Lipinski definition) is 1. The van der Waals surface area contributed by atoms with Gasteiger partial charge in [-0.15, -0.1) is 0 Å². The molecule has 1 saturated carbocycles. The second-order valence-corrected chi connectivity index (χ2v) is 8.40. The van der Waals surface area contributed by atoms with Gasteiger partial charge in [-0.05, 0) is 37.0 Å². The number of allylic oxidation sites excluding steroid dienone is 1. The van der Waals surface area contributed by atoms with Crippen LogP contribution >= 0.6 is 11.8 Å². The third-order valence-corrected chi connectivity index (χ3v) is 6.33. The van der Waals surface area contributed by atoms with Crippen molar-refractivity contribution >= 4 is 35.4 Å². The fourth-order valence-corrected chi connectivity index (χ4v) is 4.87. The standard InChI is InChI=1S/C19H23N3OS.C2H4FN/c1-2-4-13-5-3-6-15(9-13)19-12-22(17(23)14-7-8-14)10-16(19)11-24-18(20)21-19;1-4-2-3/h2-6,9,14,16H,7-8,10-12H2,1H3,(H2,20,21);2H,1H3/b4-2+;/t16-,19+;/m0./s1. The van der Waals surface area contributed by atoms with E-state index in [0.29, 0.717) is 23.5 Å². The van der Waals surface area contributed by atoms with Crippen LogP contribution in [0.15, 0.2) is 40.3 Å². The van der Waals surface area contributed by atoms with Crippen LogP contribution in [0.5, 0.6) is 0 Å². The first kappa shape index (κ1) is 20.6. The quantitative estimate of drug-likeness (QED) is 0.787. The Bertz CT molecular complexity index is 801. The SMILES string of the molecule is C/C=C/c1cccc([C@]23CN(C(=O)C4CC4)C[C@H]2CSC(N)=N3)c1.CN=CF. The number of benzene rings is 1. The maximum atomic E-state index is 12.6. The molecule has 2 aliphatic heterocycles. The van der Waals surface area contributed by atoms with Crippen molar-refractivity contribution in [3.63, 3.8) is 0 Å². The van der Waals surface area contributed by atoms with Crippen molar-refractivity contribution in [3.8, 4) is 0 Å². The first-order valence-electron chi connectivity index (χ1n) is 9.55. The molecule has 0 spiro atoms. The lowest BCUT2D eigenvalue weighted by molar-refractivity contribution is -0.131. The maximum absolute atomic E-state index is 12.6. The summed E-state index contributed by atoms with van der Waals surface area (Å²) in [6.07, 6.45) is 6.23. The molecule has 28 heavy (non-hydrogen) atoms. The average molecular weight is 403 g/mol. The molecule has 2 heterocycles. The van der Waals surface area contributed by atoms with Crippen molar-refractivity contribution in [2.24, 2.45) is 27.6 Å². The van der Waals surface area contributed by atoms with Gasteiger partial charge in [0, 0.05) is 31.2 Å². The lowest BCUT2D eigenvalue weighted by Gasteiger charge is -2.34. The second kappa shape index (κ2) is 8.90. The van der Waals surface area contributed by atoms with Crippen LogP contribution in [0.1, 0.15) is 30.9 Å². The van der Waals surface area contributed by atoms with Crippen molar-refractivity contribution in [1.82, 2.24) is 4.90 Å². The van der Waals surface area contributed by atoms with Gasteiger partial charge in [0.2, 0.25) is 5.91 Å². The Morgan fingerprint density at radius 1 is 1.46 bits per heavy atom. The summed E-state index contributed by atoms with van der Waals surface area (Å²) in [6.45, 7) is 3.73. The molecule has 0 radical (unpaired) electrons. The van der Waals surface area contributed by atoms with E-state index in [-0.39, 0.29) is 17.9 Å². The molecule has 1 aromatic carbocycles. The van der Waals surface area contributed by atoms with Crippen molar-refractivity contribution in [1.29, 1.82) is 0 Å². The Morgan fingerprint density at radius 3 is 2.86 bits per heavy atom. The molecule has 2 fully saturated rings. The highest BCUT2D eigenvalue weighted by atomic mass is 32.2. The molecule has 1 amide bonds. The zero-order chi connectivity index (χ0) is 20.1. The predicted octanol–water partition coefficient (Wildman–Crippen LogP) is 3.46. The zero-order valence-corrected chi connectivity index (χ0v) is 17.2. The van der Waals surface area contributed by atoms with Gasteiger partial charge in [0.25, 0.3) is 0 Å². The van der Waals surface area contributed by atoms with E-state index in [0.717, 1.165) is 25.1 Å². The van der Waals surface area contributed by atoms with E-state index in [1.54, 1.807) is 11.8 Å². The number of likely N-dealkylation sites (tertiary alicyclic amines) is 1. The number of nitrogens with zero attached hydrogens (tertiary/aromatic N) is 3. The van der Waals surface area contributed by atoms with Gasteiger partial charge in [-0.2, -0.15) is 4.39 Å². The number of thioether (sulfide) groups is 1. The fourth-order valence-electron chi connectivity index (χ4n) is 3.89. The fraction of sp³-hybridized carbons (Fsp3) is 0.476. The Balaban J connectivity index is 0.000000516. The van der Waals surface area contributed by atoms with E-state index in [9.17, 15) is 9.18 Å². The summed E-state index contributed by atoms with van der Waals surface area (Å²) in [5.41, 5.74) is 8.07. The summed E-state index contributed by atoms with van der Waals surface area (Å²) in [5, 5.41) is 0.642. The van der Waals surface area contributed by atoms with Crippen LogP contribution in [0.25, 0.3) is 6.08 Å². The van der Waals surface area contributed by atoms with Gasteiger partial charge in [-0.3, -0.25) is 9.79 Å². The smallest absolute Gasteiger partial charge is 0.225 e. The first-order chi connectivity index (χ1) is 13.5. The zero-order valence-electron chi connectivity index (χ0n) is 16.3. The largest absolute Gasteiger partial charge is 0.379 e. The average Bonchev–Trinajstić information content (AvgIpc) is 3.48. The van der Waals surface area contributed by atoms with Crippen LogP contribution < -0.4 is 5.73 Å². The number of carbonyl (C=O) groups is 1. The van der Waals surface area contributed by atoms with Crippen LogP contribution in [0.3, 0.4) is 0 Å². The maximum Gasteiger partial charge on any atom is 0.225 e. The summed E-state index contributed by atoms with van der Waals surface area (Å²) in [4.78, 5) is 22.5. The Morgan fingerprint density at radius 2 is 2.21 bits per heavy atom. The Hall–Kier alpha value is -2.15. The molecule has 0 bridgehead atoms. The first-order valence-corrected chi connectivity index (χ1v) is 10.5. The molecule has 2 atom stereocenters. The molecule has 2 N–H and O–H groups in total. The molecule has 1 aliphatic carbocycles. The molecular formula is C21H27FN4OS. The number of hydrogen-bond acceptors (Lipinski definition) is 5. The van der Waals surface area contributed by atoms with Crippen molar-refractivity contribution in [2.75, 3.05) is 25.9 Å². The highest BCUT2D eigenvalue weighted by Crippen LogP contribution is 2.47. The van der Waals surface area contributed by atoms with Gasteiger partial charge in [-0.1, -0.05) is 42.1 Å². The topological polar surface area (TPSA) is 71.0 Å². The van der Waals surface area contributed by atoms with Gasteiger partial charge in [-0.25, -0.2) is 4.99 Å². The van der Waals surface area contributed by atoms with Crippen LogP contribution in [0.2, 0.25) is 0 Å². The predicted molar refractivity (Wildman–Crippen MR) is 115 cm³/mol. The normalized spacial score (nSPS) is 26.8. The van der Waals surface area contributed by atoms with Gasteiger partial charge >= 0.3 is 0 Å². The van der Waals surface area contributed by atoms with E-state index in [2.05, 4.69) is 35.3 Å². The number of nitrogens with two attached hydrogens (primary N) is 1. The summed E-state index contributed by atoms with van der Waals surface area (Å²) in [6, 6.07) is 8.51. The Labute approximate surface area is 170 Å². The number of rotatable bonds is 3. The van der Waals surface area contributed by atoms with Crippen molar-refractivity contribution in [2.45, 2.75) is 25.3 Å². The van der Waals surface area contributed by atoms with E-state index >= 15 is 0 Å². The highest BCUT2D eigenvalue weighted by Gasteiger charge is 2.52. The number of fused-ring (bicyclic) bond motifs is 1. The van der Waals surface area contributed by atoms with E-state index in [1.807, 2.05) is 17.9 Å². The third-order valence-electron chi connectivity index (χ3n) is 5.37. The molecule has 150 valence electrons. The van der Waals surface area contributed by atoms with E-state index in [1.165, 1.54) is 18.2 Å². The van der Waals surface area contributed by atoms with E-state index < -0.39 is 0 Å². The van der Waals surface area contributed by atoms with Crippen LogP contribution in [0.4, 0.5) is 4.39 Å². The summed E-state index contributed by atoms with van der Waals surface area (Å²) in [7, 11) is 1.38. The molecule has 5 nitrogen and oxygen atoms in total. The Kier molecular flexibility index (Phi) is 6.54. The molecule has 1 aromatic rings. The van der Waals surface area contributed by atoms with Gasteiger partial charge in [0.1, 0.15) is 5.54 Å². The van der Waals surface area contributed by atoms with Crippen molar-refractivity contribution in [3.05, 3.63) is 41.5 Å². The summed E-state index contributed by atoms with van der Waals surface area (Å²) in [5.74, 6) is 1.83. The van der Waals surface area contributed by atoms with E-state index in [4.69, 9.17) is 10.7 Å². The summed E-state index contributed by atoms with van der Waals surface area (Å²) < 4.78 is 10.4. The molecule has 3 aliphatic rings. The lowest BCUT2D eigenvalue weighted by atomic mass is 9.81. The molecule has 4 rings (SSSR count). The highest BCUT2D eigenvalue weighted by molar-refractivity contribution is 8.13. The number of carbonyl (C=O) groups excluding carboxylic acids is 1. The van der Waals surface area contributed by atoms with Crippen LogP contribution in [-0.2, 0) is 10.3 Å². The van der Waals surface area contributed by atoms with Crippen LogP contribution in [-0.4, -0.2) is 48.3 Å². The van der Waals surface area contributed by atoms with Crippen LogP contribution in [0, 0.1) is 11.8 Å². The summed E-state index contributed by atoms with van der Waals surface area (Å²) >= 11 is 1.62. The molecule has 0 unspecified atom stereocenters. The number of aliphatic imine (C=N–C) groups is 2.